The molecule has 0 radical (unpaired) electrons. The first-order chi connectivity index (χ1) is 11.0. The summed E-state index contributed by atoms with van der Waals surface area (Å²) in [5.74, 6) is -0.467. The molecule has 3 heterocycles. The van der Waals surface area contributed by atoms with E-state index < -0.39 is 29.9 Å². The number of nitrogens with two attached hydrogens (primary N) is 1. The van der Waals surface area contributed by atoms with E-state index in [4.69, 9.17) is 15.2 Å². The highest BCUT2D eigenvalue weighted by atomic mass is 16.6. The van der Waals surface area contributed by atoms with Gasteiger partial charge in [0.25, 0.3) is 5.56 Å². The van der Waals surface area contributed by atoms with Gasteiger partial charge in [-0.15, -0.1) is 0 Å². The third kappa shape index (κ3) is 2.71. The van der Waals surface area contributed by atoms with E-state index in [1.165, 1.54) is 17.9 Å². The third-order valence-corrected chi connectivity index (χ3v) is 3.61. The van der Waals surface area contributed by atoms with Gasteiger partial charge in [0.1, 0.15) is 12.7 Å². The smallest absolute Gasteiger partial charge is 0.406 e. The van der Waals surface area contributed by atoms with E-state index in [2.05, 4.69) is 20.3 Å². The van der Waals surface area contributed by atoms with Crippen LogP contribution >= 0.6 is 0 Å². The zero-order valence-electron chi connectivity index (χ0n) is 12.2. The number of carbonyl (C=O) groups is 1. The van der Waals surface area contributed by atoms with Crippen LogP contribution in [0.1, 0.15) is 6.23 Å². The standard InChI is InChI=1S/C12H16N6O5/c1-14-12(21)23-3-5-2-22-10(7(5)19)18-4-15-6-8(18)16-11(13)17-9(6)20/h4-5,7,10,19H,2-3H2,1H3,(H,14,21)(H3,13,16,17,20)/t5-,7+,10+/m0/s1. The molecule has 5 N–H and O–H groups in total. The molecule has 1 fully saturated rings. The van der Waals surface area contributed by atoms with Crippen LogP contribution in [0.5, 0.6) is 0 Å². The number of nitrogen functional groups attached to an aromatic ring is 1. The zero-order chi connectivity index (χ0) is 16.6. The molecule has 0 saturated carbocycles. The summed E-state index contributed by atoms with van der Waals surface area (Å²) in [5, 5.41) is 12.7. The molecule has 0 bridgehead atoms. The first kappa shape index (κ1) is 15.2. The van der Waals surface area contributed by atoms with Gasteiger partial charge in [0.05, 0.1) is 12.9 Å². The Hall–Kier alpha value is -2.66. The Morgan fingerprint density at radius 3 is 3.22 bits per heavy atom. The number of aliphatic hydroxyl groups is 1. The van der Waals surface area contributed by atoms with Crippen LogP contribution in [0, 0.1) is 5.92 Å². The molecule has 11 heteroatoms. The van der Waals surface area contributed by atoms with Crippen LogP contribution < -0.4 is 16.6 Å². The van der Waals surface area contributed by atoms with Gasteiger partial charge in [-0.3, -0.25) is 14.3 Å². The molecule has 2 aromatic rings. The highest BCUT2D eigenvalue weighted by Gasteiger charge is 2.38. The Morgan fingerprint density at radius 1 is 1.70 bits per heavy atom. The van der Waals surface area contributed by atoms with Gasteiger partial charge in [0.15, 0.2) is 17.4 Å². The number of fused-ring (bicyclic) bond motifs is 1. The number of aromatic amines is 1. The fourth-order valence-corrected chi connectivity index (χ4v) is 2.43. The number of imidazole rings is 1. The average Bonchev–Trinajstić information content (AvgIpc) is 3.08. The molecule has 3 rings (SSSR count). The molecule has 1 amide bonds. The summed E-state index contributed by atoms with van der Waals surface area (Å²) in [4.78, 5) is 33.2. The number of H-pyrrole nitrogens is 1. The summed E-state index contributed by atoms with van der Waals surface area (Å²) in [6.45, 7) is 0.182. The Kier molecular flexibility index (Phi) is 3.88. The predicted molar refractivity (Wildman–Crippen MR) is 77.5 cm³/mol. The highest BCUT2D eigenvalue weighted by Crippen LogP contribution is 2.30. The lowest BCUT2D eigenvalue weighted by Gasteiger charge is -2.18. The number of ether oxygens (including phenoxy) is 2. The normalized spacial score (nSPS) is 24.0. The summed E-state index contributed by atoms with van der Waals surface area (Å²) >= 11 is 0. The lowest BCUT2D eigenvalue weighted by atomic mass is 10.1. The minimum Gasteiger partial charge on any atom is -0.449 e. The van der Waals surface area contributed by atoms with Crippen molar-refractivity contribution in [2.45, 2.75) is 12.3 Å². The second kappa shape index (κ2) is 5.85. The maximum absolute atomic E-state index is 11.8. The Morgan fingerprint density at radius 2 is 2.48 bits per heavy atom. The van der Waals surface area contributed by atoms with Gasteiger partial charge < -0.3 is 25.6 Å². The minimum atomic E-state index is -0.959. The van der Waals surface area contributed by atoms with Gasteiger partial charge in [-0.25, -0.2) is 9.78 Å². The second-order valence-corrected chi connectivity index (χ2v) is 5.10. The maximum atomic E-state index is 11.8. The van der Waals surface area contributed by atoms with Crippen molar-refractivity contribution in [3.8, 4) is 0 Å². The third-order valence-electron chi connectivity index (χ3n) is 3.61. The number of carbonyl (C=O) groups excluding carboxylic acids is 1. The topological polar surface area (TPSA) is 157 Å². The molecule has 0 spiro atoms. The molecule has 2 aromatic heterocycles. The average molecular weight is 324 g/mol. The Labute approximate surface area is 129 Å². The molecular formula is C12H16N6O5. The van der Waals surface area contributed by atoms with Crippen molar-refractivity contribution in [1.29, 1.82) is 0 Å². The van der Waals surface area contributed by atoms with Gasteiger partial charge in [-0.05, 0) is 0 Å². The Bertz CT molecular complexity index is 786. The van der Waals surface area contributed by atoms with Crippen LogP contribution in [-0.4, -0.2) is 57.1 Å². The number of hydrogen-bond donors (Lipinski definition) is 4. The van der Waals surface area contributed by atoms with Crippen LogP contribution in [0.4, 0.5) is 10.7 Å². The molecule has 3 atom stereocenters. The van der Waals surface area contributed by atoms with Crippen molar-refractivity contribution in [3.05, 3.63) is 16.7 Å². The number of alkyl carbamates (subject to hydrolysis) is 1. The van der Waals surface area contributed by atoms with Crippen LogP contribution in [-0.2, 0) is 9.47 Å². The molecule has 0 aliphatic carbocycles. The van der Waals surface area contributed by atoms with Crippen molar-refractivity contribution in [2.24, 2.45) is 5.92 Å². The van der Waals surface area contributed by atoms with Crippen LogP contribution in [0.3, 0.4) is 0 Å². The zero-order valence-corrected chi connectivity index (χ0v) is 12.2. The van der Waals surface area contributed by atoms with Crippen molar-refractivity contribution < 1.29 is 19.4 Å². The number of anilines is 1. The van der Waals surface area contributed by atoms with E-state index in [0.717, 1.165) is 0 Å². The molecule has 1 aliphatic rings. The molecule has 23 heavy (non-hydrogen) atoms. The van der Waals surface area contributed by atoms with E-state index in [-0.39, 0.29) is 30.3 Å². The predicted octanol–water partition coefficient (Wildman–Crippen LogP) is -1.44. The van der Waals surface area contributed by atoms with E-state index in [1.54, 1.807) is 0 Å². The lowest BCUT2D eigenvalue weighted by Crippen LogP contribution is -2.30. The van der Waals surface area contributed by atoms with Gasteiger partial charge in [0.2, 0.25) is 5.95 Å². The fourth-order valence-electron chi connectivity index (χ4n) is 2.43. The van der Waals surface area contributed by atoms with Crippen LogP contribution in [0.15, 0.2) is 11.1 Å². The molecule has 0 unspecified atom stereocenters. The number of aromatic nitrogens is 4. The quantitative estimate of drug-likeness (QED) is 0.534. The molecule has 1 aliphatic heterocycles. The summed E-state index contributed by atoms with van der Waals surface area (Å²) in [5.41, 5.74) is 5.37. The van der Waals surface area contributed by atoms with Gasteiger partial charge in [0, 0.05) is 13.0 Å². The molecule has 0 aromatic carbocycles. The summed E-state index contributed by atoms with van der Waals surface area (Å²) < 4.78 is 11.9. The van der Waals surface area contributed by atoms with Crippen LogP contribution in [0.2, 0.25) is 0 Å². The first-order valence-electron chi connectivity index (χ1n) is 6.87. The molecule has 1 saturated heterocycles. The van der Waals surface area contributed by atoms with Crippen molar-refractivity contribution in [3.63, 3.8) is 0 Å². The van der Waals surface area contributed by atoms with Gasteiger partial charge >= 0.3 is 6.09 Å². The monoisotopic (exact) mass is 324 g/mol. The minimum absolute atomic E-state index is 0.000120. The Balaban J connectivity index is 1.83. The summed E-state index contributed by atoms with van der Waals surface area (Å²) in [6, 6.07) is 0. The number of nitrogens with zero attached hydrogens (tertiary/aromatic N) is 3. The van der Waals surface area contributed by atoms with Gasteiger partial charge in [-0.1, -0.05) is 0 Å². The van der Waals surface area contributed by atoms with E-state index >= 15 is 0 Å². The number of hydrogen-bond acceptors (Lipinski definition) is 8. The van der Waals surface area contributed by atoms with Crippen molar-refractivity contribution in [1.82, 2.24) is 24.8 Å². The van der Waals surface area contributed by atoms with Crippen molar-refractivity contribution >= 4 is 23.2 Å². The summed E-state index contributed by atoms with van der Waals surface area (Å²) in [6.07, 6.45) is -0.997. The number of nitrogens with one attached hydrogen (secondary N) is 2. The van der Waals surface area contributed by atoms with E-state index in [1.807, 2.05) is 0 Å². The molecule has 11 nitrogen and oxygen atoms in total. The van der Waals surface area contributed by atoms with Crippen LogP contribution in [0.25, 0.3) is 11.2 Å². The largest absolute Gasteiger partial charge is 0.449 e. The van der Waals surface area contributed by atoms with Gasteiger partial charge in [-0.2, -0.15) is 4.98 Å². The molecule has 124 valence electrons. The number of rotatable bonds is 3. The summed E-state index contributed by atoms with van der Waals surface area (Å²) in [7, 11) is 1.44. The SMILES string of the molecule is CNC(=O)OC[C@@H]1CO[C@@H](n2cnc3c(=O)[nH]c(N)nc32)[C@@H]1O. The highest BCUT2D eigenvalue weighted by molar-refractivity contribution is 5.70. The maximum Gasteiger partial charge on any atom is 0.406 e. The second-order valence-electron chi connectivity index (χ2n) is 5.10. The van der Waals surface area contributed by atoms with E-state index in [0.29, 0.717) is 0 Å². The van der Waals surface area contributed by atoms with E-state index in [9.17, 15) is 14.7 Å². The number of amides is 1. The number of aliphatic hydroxyl groups excluding tert-OH is 1. The lowest BCUT2D eigenvalue weighted by molar-refractivity contribution is -0.0112. The fraction of sp³-hybridized carbons (Fsp3) is 0.500. The first-order valence-corrected chi connectivity index (χ1v) is 6.87. The molecular weight excluding hydrogens is 308 g/mol. The van der Waals surface area contributed by atoms with Crippen molar-refractivity contribution in [2.75, 3.05) is 26.0 Å².